The van der Waals surface area contributed by atoms with E-state index in [1.807, 2.05) is 0 Å². The highest BCUT2D eigenvalue weighted by Crippen LogP contribution is 2.79. The van der Waals surface area contributed by atoms with Gasteiger partial charge in [0, 0.05) is 5.44 Å². The van der Waals surface area contributed by atoms with Gasteiger partial charge >= 0.3 is 0 Å². The molecule has 2 unspecified atom stereocenters. The number of ether oxygens (including phenoxy) is 2. The van der Waals surface area contributed by atoms with Gasteiger partial charge in [0.2, 0.25) is 0 Å². The van der Waals surface area contributed by atoms with Crippen LogP contribution in [0.3, 0.4) is 0 Å². The number of benzene rings is 1. The first-order valence-electron chi connectivity index (χ1n) is 12.4. The van der Waals surface area contributed by atoms with Crippen LogP contribution >= 0.6 is 0 Å². The van der Waals surface area contributed by atoms with E-state index in [1.165, 1.54) is 14.2 Å². The first kappa shape index (κ1) is 38.3. The van der Waals surface area contributed by atoms with Crippen LogP contribution in [0.25, 0.3) is 0 Å². The summed E-state index contributed by atoms with van der Waals surface area (Å²) in [6, 6.07) is 0. The average Bonchev–Trinajstić information content (AvgIpc) is 2.83. The highest BCUT2D eigenvalue weighted by atomic mass is 16.5. The quantitative estimate of drug-likeness (QED) is 0.348. The van der Waals surface area contributed by atoms with E-state index in [0.717, 1.165) is 0 Å². The van der Waals surface area contributed by atoms with Crippen LogP contribution in [0.15, 0.2) is 0 Å². The summed E-state index contributed by atoms with van der Waals surface area (Å²) in [7, 11) is 136. The van der Waals surface area contributed by atoms with Crippen LogP contribution in [0.1, 0.15) is 11.1 Å². The molecule has 0 bridgehead atoms. The molecule has 1 saturated heterocycles. The second kappa shape index (κ2) is 10.2. The lowest BCUT2D eigenvalue weighted by Crippen LogP contribution is -2.89. The maximum atomic E-state index is 14.7. The Labute approximate surface area is 288 Å². The summed E-state index contributed by atoms with van der Waals surface area (Å²) >= 11 is 0. The zero-order chi connectivity index (χ0) is 35.0. The van der Waals surface area contributed by atoms with Crippen molar-refractivity contribution in [1.29, 1.82) is 0 Å². The van der Waals surface area contributed by atoms with Crippen molar-refractivity contribution in [3.05, 3.63) is 11.1 Å². The van der Waals surface area contributed by atoms with E-state index >= 15 is 0 Å². The molecule has 2 aliphatic heterocycles. The number of nitrogens with zero attached hydrogens (tertiary/aromatic N) is 1. The molecule has 0 aliphatic carbocycles. The van der Waals surface area contributed by atoms with Crippen LogP contribution < -0.4 is 20.4 Å². The van der Waals surface area contributed by atoms with E-state index in [9.17, 15) is 4.79 Å². The third-order valence-corrected chi connectivity index (χ3v) is 9.11. The summed E-state index contributed by atoms with van der Waals surface area (Å²) in [5.41, 5.74) is -4.54. The molecule has 2 heterocycles. The summed E-state index contributed by atoms with van der Waals surface area (Å²) in [5, 5.41) is -27.4. The standard InChI is InChI=1S/C19H6B21NO3/c1-43-7-5(20)3-4(6(21)8(7)44-2)13(27)12(25,26)9(42)10(22,18(37,38)41(13)19(39,40)11(3,23)24)15(29,30)14(28,16(31,32)33)17(34,35)36/h1-2H3. The predicted octanol–water partition coefficient (Wildman–Crippen LogP) is -8.30. The van der Waals surface area contributed by atoms with Gasteiger partial charge in [0.05, 0.1) is 155 Å². The lowest BCUT2D eigenvalue weighted by molar-refractivity contribution is -0.137. The number of hydrogen-bond donors (Lipinski definition) is 0. The summed E-state index contributed by atoms with van der Waals surface area (Å²) < 4.78 is 10.7. The molecule has 168 valence electrons. The number of ketones is 1. The monoisotopic (exact) mass is 527 g/mol. The van der Waals surface area contributed by atoms with Gasteiger partial charge in [0.15, 0.2) is 11.5 Å². The Morgan fingerprint density at radius 3 is 1.30 bits per heavy atom. The Morgan fingerprint density at radius 2 is 0.955 bits per heavy atom. The van der Waals surface area contributed by atoms with Crippen LogP contribution in [-0.4, -0.2) is 200 Å². The SMILES string of the molecule is [B]c1c(OC)c(OC)c([B])c2c1C([B])([B])C([B])([B])N1C([B])([B])C([B])(C([B])([B])C([B])(C([B])([B])[B])C([B])([B])[B])C(=O)C([B])([B])C21[B]. The molecule has 42 radical (unpaired) electrons. The third kappa shape index (κ3) is 3.95. The number of carbonyl (C=O) groups excluding carboxylic acids is 1. The molecule has 0 amide bonds. The Bertz CT molecular complexity index is 1390. The van der Waals surface area contributed by atoms with Gasteiger partial charge in [-0.2, -0.15) is 0 Å². The molecule has 25 heteroatoms. The van der Waals surface area contributed by atoms with Gasteiger partial charge in [-0.25, -0.2) is 0 Å². The topological polar surface area (TPSA) is 38.8 Å². The van der Waals surface area contributed by atoms with Gasteiger partial charge in [0.1, 0.15) is 29.3 Å². The van der Waals surface area contributed by atoms with E-state index in [-0.39, 0.29) is 17.0 Å². The Balaban J connectivity index is 2.69. The number of Topliss-reactive ketones (excluding diaryl/α,β-unsaturated/α-hetero) is 1. The van der Waals surface area contributed by atoms with Crippen LogP contribution in [0.2, 0.25) is 31.3 Å². The summed E-state index contributed by atoms with van der Waals surface area (Å²) in [6.07, 6.45) is 0. The van der Waals surface area contributed by atoms with Gasteiger partial charge in [-0.1, -0.05) is 26.7 Å². The van der Waals surface area contributed by atoms with Gasteiger partial charge < -0.3 is 19.2 Å². The second-order valence-corrected chi connectivity index (χ2v) is 11.8. The Kier molecular flexibility index (Phi) is 8.84. The molecule has 4 nitrogen and oxygen atoms in total. The number of carbonyl (C=O) groups is 1. The minimum atomic E-state index is -3.39. The molecule has 0 N–H and O–H groups in total. The normalized spacial score (nSPS) is 27.8. The van der Waals surface area contributed by atoms with E-state index < -0.39 is 75.0 Å². The number of hydrogen-bond acceptors (Lipinski definition) is 4. The highest BCUT2D eigenvalue weighted by Gasteiger charge is 2.75. The minimum Gasteiger partial charge on any atom is -0.494 e. The number of fused-ring (bicyclic) bond motifs is 3. The zero-order valence-corrected chi connectivity index (χ0v) is 24.3. The minimum absolute atomic E-state index is 0.190. The summed E-state index contributed by atoms with van der Waals surface area (Å²) in [5.74, 6) is -2.09. The van der Waals surface area contributed by atoms with Crippen LogP contribution in [0, 0.1) is 0 Å². The highest BCUT2D eigenvalue weighted by molar-refractivity contribution is 6.75. The molecule has 3 rings (SSSR count). The lowest BCUT2D eigenvalue weighted by atomic mass is 9.02. The van der Waals surface area contributed by atoms with Gasteiger partial charge in [-0.3, -0.25) is 0 Å². The second-order valence-electron chi connectivity index (χ2n) is 11.8. The zero-order valence-electron chi connectivity index (χ0n) is 24.3. The van der Waals surface area contributed by atoms with Crippen molar-refractivity contribution in [1.82, 2.24) is 4.90 Å². The fourth-order valence-electron chi connectivity index (χ4n) is 6.53. The van der Waals surface area contributed by atoms with Crippen molar-refractivity contribution < 1.29 is 14.3 Å². The van der Waals surface area contributed by atoms with E-state index in [2.05, 4.69) is 0 Å². The molecule has 1 aromatic carbocycles. The van der Waals surface area contributed by atoms with Gasteiger partial charge in [-0.15, -0.1) is 15.5 Å². The lowest BCUT2D eigenvalue weighted by Gasteiger charge is -2.83. The molecular weight excluding hydrogens is 517 g/mol. The molecule has 2 aliphatic rings. The molecule has 1 aromatic rings. The molecule has 44 heavy (non-hydrogen) atoms. The van der Waals surface area contributed by atoms with Crippen LogP contribution in [0.5, 0.6) is 11.5 Å². The fourth-order valence-corrected chi connectivity index (χ4v) is 6.53. The fraction of sp³-hybridized carbons (Fsp3) is 0.632. The van der Waals surface area contributed by atoms with E-state index in [1.54, 1.807) is 0 Å². The van der Waals surface area contributed by atoms with Gasteiger partial charge in [0.25, 0.3) is 0 Å². The molecule has 0 spiro atoms. The maximum Gasteiger partial charge on any atom is 0.153 e. The summed E-state index contributed by atoms with van der Waals surface area (Å²) in [4.78, 5) is 15.1. The molecule has 0 saturated carbocycles. The number of methoxy groups -OCH3 is 2. The largest absolute Gasteiger partial charge is 0.494 e. The van der Waals surface area contributed by atoms with E-state index in [0.29, 0.717) is 4.90 Å². The molecule has 0 aromatic heterocycles. The average molecular weight is 523 g/mol. The van der Waals surface area contributed by atoms with Crippen molar-refractivity contribution in [2.24, 2.45) is 0 Å². The molecule has 2 atom stereocenters. The molecule has 1 fully saturated rings. The van der Waals surface area contributed by atoms with Crippen LogP contribution in [-0.2, 0) is 15.4 Å². The van der Waals surface area contributed by atoms with Crippen molar-refractivity contribution in [2.75, 3.05) is 14.2 Å². The smallest absolute Gasteiger partial charge is 0.153 e. The predicted molar refractivity (Wildman–Crippen MR) is 191 cm³/mol. The van der Waals surface area contributed by atoms with Gasteiger partial charge in [-0.05, 0) is 27.0 Å². The van der Waals surface area contributed by atoms with E-state index in [4.69, 9.17) is 174 Å². The van der Waals surface area contributed by atoms with Crippen molar-refractivity contribution in [3.63, 3.8) is 0 Å². The summed E-state index contributed by atoms with van der Waals surface area (Å²) in [6.45, 7) is 0. The first-order chi connectivity index (χ1) is 19.2. The maximum absolute atomic E-state index is 14.7. The first-order valence-corrected chi connectivity index (χ1v) is 12.4. The molecular formula is C19H6B21NO3. The number of piperidine rings is 1. The Hall–Kier alpha value is -0.186. The van der Waals surface area contributed by atoms with Crippen molar-refractivity contribution >= 4 is 181 Å². The van der Waals surface area contributed by atoms with Crippen molar-refractivity contribution in [3.8, 4) is 11.5 Å². The van der Waals surface area contributed by atoms with Crippen LogP contribution in [0.4, 0.5) is 0 Å². The van der Waals surface area contributed by atoms with Crippen molar-refractivity contribution in [2.45, 2.75) is 52.6 Å². The number of rotatable bonds is 6. The third-order valence-electron chi connectivity index (χ3n) is 9.11. The Morgan fingerprint density at radius 1 is 0.591 bits per heavy atom.